The maximum Gasteiger partial charge on any atom is 0.253 e. The first-order valence-electron chi connectivity index (χ1n) is 11.6. The Bertz CT molecular complexity index is 1040. The van der Waals surface area contributed by atoms with Gasteiger partial charge in [0.05, 0.1) is 22.7 Å². The summed E-state index contributed by atoms with van der Waals surface area (Å²) in [5.41, 5.74) is 1.34. The molecule has 2 aliphatic heterocycles. The SMILES string of the molecule is CCN(CC)C(=O)CN1C(=O)[C@@H]2CN(Cc3ccccc3)C[C@]2(C)NC(=O)c2ccccc21. The van der Waals surface area contributed by atoms with Crippen molar-refractivity contribution in [1.82, 2.24) is 15.1 Å². The molecular weight excluding hydrogens is 416 g/mol. The molecule has 7 heteroatoms. The van der Waals surface area contributed by atoms with Crippen LogP contribution < -0.4 is 10.2 Å². The van der Waals surface area contributed by atoms with E-state index in [2.05, 4.69) is 22.3 Å². The van der Waals surface area contributed by atoms with Gasteiger partial charge in [0, 0.05) is 32.7 Å². The lowest BCUT2D eigenvalue weighted by atomic mass is 9.86. The van der Waals surface area contributed by atoms with E-state index in [-0.39, 0.29) is 24.3 Å². The Morgan fingerprint density at radius 1 is 1.06 bits per heavy atom. The van der Waals surface area contributed by atoms with Gasteiger partial charge in [-0.05, 0) is 38.5 Å². The molecule has 4 rings (SSSR count). The molecule has 2 aromatic carbocycles. The van der Waals surface area contributed by atoms with Gasteiger partial charge in [-0.1, -0.05) is 42.5 Å². The second-order valence-electron chi connectivity index (χ2n) is 9.09. The molecule has 0 aliphatic carbocycles. The molecule has 1 saturated heterocycles. The molecule has 0 spiro atoms. The van der Waals surface area contributed by atoms with Gasteiger partial charge in [0.25, 0.3) is 5.91 Å². The number of nitrogens with one attached hydrogen (secondary N) is 1. The minimum absolute atomic E-state index is 0.0733. The fourth-order valence-electron chi connectivity index (χ4n) is 5.05. The smallest absolute Gasteiger partial charge is 0.253 e. The highest BCUT2D eigenvalue weighted by Crippen LogP contribution is 2.35. The monoisotopic (exact) mass is 448 g/mol. The Morgan fingerprint density at radius 3 is 2.42 bits per heavy atom. The van der Waals surface area contributed by atoms with Crippen LogP contribution >= 0.6 is 0 Å². The third-order valence-electron chi connectivity index (χ3n) is 6.82. The molecule has 2 heterocycles. The summed E-state index contributed by atoms with van der Waals surface area (Å²) in [5.74, 6) is -0.915. The topological polar surface area (TPSA) is 73.0 Å². The maximum atomic E-state index is 14.0. The second-order valence-corrected chi connectivity index (χ2v) is 9.09. The summed E-state index contributed by atoms with van der Waals surface area (Å²) in [6.07, 6.45) is 0. The van der Waals surface area contributed by atoms with Crippen molar-refractivity contribution in [2.24, 2.45) is 5.92 Å². The van der Waals surface area contributed by atoms with Crippen LogP contribution in [-0.2, 0) is 16.1 Å². The normalized spacial score (nSPS) is 22.8. The number of para-hydroxylation sites is 1. The van der Waals surface area contributed by atoms with Gasteiger partial charge < -0.3 is 15.1 Å². The molecule has 0 bridgehead atoms. The number of fused-ring (bicyclic) bond motifs is 2. The van der Waals surface area contributed by atoms with Crippen molar-refractivity contribution in [3.63, 3.8) is 0 Å². The van der Waals surface area contributed by atoms with Gasteiger partial charge in [0.1, 0.15) is 6.54 Å². The minimum Gasteiger partial charge on any atom is -0.345 e. The summed E-state index contributed by atoms with van der Waals surface area (Å²) >= 11 is 0. The van der Waals surface area contributed by atoms with Crippen LogP contribution in [0.25, 0.3) is 0 Å². The lowest BCUT2D eigenvalue weighted by Gasteiger charge is -2.38. The van der Waals surface area contributed by atoms with Gasteiger partial charge in [-0.25, -0.2) is 0 Å². The highest BCUT2D eigenvalue weighted by atomic mass is 16.2. The van der Waals surface area contributed by atoms with Crippen molar-refractivity contribution in [2.45, 2.75) is 32.9 Å². The Morgan fingerprint density at radius 2 is 1.73 bits per heavy atom. The molecule has 3 amide bonds. The number of hydrogen-bond donors (Lipinski definition) is 1. The van der Waals surface area contributed by atoms with E-state index in [1.54, 1.807) is 29.2 Å². The number of likely N-dealkylation sites (tertiary alicyclic amines) is 1. The molecule has 1 fully saturated rings. The van der Waals surface area contributed by atoms with E-state index in [1.807, 2.05) is 39.0 Å². The van der Waals surface area contributed by atoms with E-state index in [0.717, 1.165) is 5.56 Å². The van der Waals surface area contributed by atoms with E-state index in [4.69, 9.17) is 0 Å². The predicted molar refractivity (Wildman–Crippen MR) is 128 cm³/mol. The molecular formula is C26H32N4O3. The molecule has 1 N–H and O–H groups in total. The van der Waals surface area contributed by atoms with Crippen LogP contribution in [-0.4, -0.2) is 65.8 Å². The third kappa shape index (κ3) is 4.50. The number of likely N-dealkylation sites (N-methyl/N-ethyl adjacent to an activating group) is 1. The summed E-state index contributed by atoms with van der Waals surface area (Å²) < 4.78 is 0. The zero-order valence-corrected chi connectivity index (χ0v) is 19.6. The third-order valence-corrected chi connectivity index (χ3v) is 6.82. The van der Waals surface area contributed by atoms with Gasteiger partial charge in [-0.2, -0.15) is 0 Å². The number of carbonyl (C=O) groups excluding carboxylic acids is 3. The van der Waals surface area contributed by atoms with E-state index < -0.39 is 11.5 Å². The number of hydrogen-bond acceptors (Lipinski definition) is 4. The number of carbonyl (C=O) groups is 3. The zero-order chi connectivity index (χ0) is 23.6. The van der Waals surface area contributed by atoms with E-state index in [1.165, 1.54) is 4.90 Å². The van der Waals surface area contributed by atoms with E-state index >= 15 is 0 Å². The Labute approximate surface area is 195 Å². The summed E-state index contributed by atoms with van der Waals surface area (Å²) in [6.45, 7) is 8.64. The van der Waals surface area contributed by atoms with Crippen LogP contribution in [0.5, 0.6) is 0 Å². The average molecular weight is 449 g/mol. The number of benzene rings is 2. The quantitative estimate of drug-likeness (QED) is 0.737. The van der Waals surface area contributed by atoms with Crippen LogP contribution in [0.1, 0.15) is 36.7 Å². The Balaban J connectivity index is 1.69. The molecule has 33 heavy (non-hydrogen) atoms. The molecule has 0 radical (unpaired) electrons. The van der Waals surface area contributed by atoms with Crippen molar-refractivity contribution < 1.29 is 14.4 Å². The van der Waals surface area contributed by atoms with Gasteiger partial charge in [0.15, 0.2) is 0 Å². The fraction of sp³-hybridized carbons (Fsp3) is 0.423. The molecule has 7 nitrogen and oxygen atoms in total. The first-order valence-corrected chi connectivity index (χ1v) is 11.6. The van der Waals surface area contributed by atoms with Crippen LogP contribution in [0.4, 0.5) is 5.69 Å². The summed E-state index contributed by atoms with van der Waals surface area (Å²) in [6, 6.07) is 17.2. The van der Waals surface area contributed by atoms with E-state index in [0.29, 0.717) is 44.0 Å². The average Bonchev–Trinajstić information content (AvgIpc) is 3.13. The summed E-state index contributed by atoms with van der Waals surface area (Å²) in [4.78, 5) is 45.7. The molecule has 2 aliphatic rings. The minimum atomic E-state index is -0.729. The standard InChI is InChI=1S/C26H32N4O3/c1-4-29(5-2)23(31)17-30-22-14-10-9-13-20(22)24(32)27-26(3)18-28(16-21(26)25(30)33)15-19-11-7-6-8-12-19/h6-14,21H,4-5,15-18H2,1-3H3,(H,27,32)/t21-,26-/m0/s1. The number of amides is 3. The molecule has 2 atom stereocenters. The number of rotatable bonds is 6. The predicted octanol–water partition coefficient (Wildman–Crippen LogP) is 2.52. The first kappa shape index (κ1) is 23.0. The van der Waals surface area contributed by atoms with Gasteiger partial charge in [0.2, 0.25) is 11.8 Å². The lowest BCUT2D eigenvalue weighted by molar-refractivity contribution is -0.132. The van der Waals surface area contributed by atoms with Crippen molar-refractivity contribution in [1.29, 1.82) is 0 Å². The van der Waals surface area contributed by atoms with Crippen molar-refractivity contribution in [3.8, 4) is 0 Å². The van der Waals surface area contributed by atoms with Crippen molar-refractivity contribution >= 4 is 23.4 Å². The fourth-order valence-corrected chi connectivity index (χ4v) is 5.05. The van der Waals surface area contributed by atoms with E-state index in [9.17, 15) is 14.4 Å². The van der Waals surface area contributed by atoms with Crippen molar-refractivity contribution in [3.05, 3.63) is 65.7 Å². The summed E-state index contributed by atoms with van der Waals surface area (Å²) in [5, 5.41) is 3.16. The summed E-state index contributed by atoms with van der Waals surface area (Å²) in [7, 11) is 0. The first-order chi connectivity index (χ1) is 15.9. The highest BCUT2D eigenvalue weighted by Gasteiger charge is 2.51. The lowest BCUT2D eigenvalue weighted by Crippen LogP contribution is -2.59. The second kappa shape index (κ2) is 9.35. The van der Waals surface area contributed by atoms with Gasteiger partial charge in [-0.3, -0.25) is 19.3 Å². The van der Waals surface area contributed by atoms with Crippen LogP contribution in [0.3, 0.4) is 0 Å². The van der Waals surface area contributed by atoms with Crippen LogP contribution in [0, 0.1) is 5.92 Å². The molecule has 0 saturated carbocycles. The molecule has 2 aromatic rings. The van der Waals surface area contributed by atoms with Gasteiger partial charge in [-0.15, -0.1) is 0 Å². The van der Waals surface area contributed by atoms with Crippen molar-refractivity contribution in [2.75, 3.05) is 37.6 Å². The number of anilines is 1. The highest BCUT2D eigenvalue weighted by molar-refractivity contribution is 6.09. The number of nitrogens with zero attached hydrogens (tertiary/aromatic N) is 3. The van der Waals surface area contributed by atoms with Crippen LogP contribution in [0.2, 0.25) is 0 Å². The molecule has 174 valence electrons. The Hall–Kier alpha value is -3.19. The zero-order valence-electron chi connectivity index (χ0n) is 19.6. The molecule has 0 aromatic heterocycles. The Kier molecular flexibility index (Phi) is 6.51. The van der Waals surface area contributed by atoms with Gasteiger partial charge >= 0.3 is 0 Å². The van der Waals surface area contributed by atoms with Crippen LogP contribution in [0.15, 0.2) is 54.6 Å². The maximum absolute atomic E-state index is 14.0. The molecule has 0 unspecified atom stereocenters. The largest absolute Gasteiger partial charge is 0.345 e.